The van der Waals surface area contributed by atoms with Crippen molar-refractivity contribution in [2.24, 2.45) is 5.92 Å². The van der Waals surface area contributed by atoms with Gasteiger partial charge in [0.15, 0.2) is 5.78 Å². The first-order valence-corrected chi connectivity index (χ1v) is 7.63. The molecule has 0 bridgehead atoms. The van der Waals surface area contributed by atoms with Crippen molar-refractivity contribution < 1.29 is 4.79 Å². The first kappa shape index (κ1) is 13.6. The van der Waals surface area contributed by atoms with Crippen LogP contribution >= 0.6 is 0 Å². The predicted octanol–water partition coefficient (Wildman–Crippen LogP) is 4.97. The molecule has 0 heterocycles. The summed E-state index contributed by atoms with van der Waals surface area (Å²) in [5, 5.41) is 0. The molecule has 2 rings (SSSR count). The zero-order valence-electron chi connectivity index (χ0n) is 11.9. The molecule has 0 amide bonds. The van der Waals surface area contributed by atoms with Crippen molar-refractivity contribution in [2.45, 2.75) is 71.6 Å². The molecular formula is C17H26O. The van der Waals surface area contributed by atoms with E-state index in [1.165, 1.54) is 49.7 Å². The van der Waals surface area contributed by atoms with Gasteiger partial charge >= 0.3 is 0 Å². The van der Waals surface area contributed by atoms with Crippen LogP contribution in [-0.2, 0) is 4.79 Å². The van der Waals surface area contributed by atoms with E-state index in [1.807, 2.05) is 0 Å². The van der Waals surface area contributed by atoms with Gasteiger partial charge in [-0.05, 0) is 68.4 Å². The number of rotatable bonds is 3. The van der Waals surface area contributed by atoms with E-state index in [0.717, 1.165) is 30.8 Å². The minimum absolute atomic E-state index is 0.385. The molecule has 0 aromatic carbocycles. The number of carbonyl (C=O) groups is 1. The Balaban J connectivity index is 2.00. The van der Waals surface area contributed by atoms with E-state index in [9.17, 15) is 4.79 Å². The van der Waals surface area contributed by atoms with E-state index in [2.05, 4.69) is 19.9 Å². The van der Waals surface area contributed by atoms with Crippen LogP contribution in [0.2, 0.25) is 0 Å². The minimum atomic E-state index is 0.385. The van der Waals surface area contributed by atoms with Gasteiger partial charge in [0.25, 0.3) is 0 Å². The van der Waals surface area contributed by atoms with Gasteiger partial charge in [-0.25, -0.2) is 0 Å². The summed E-state index contributed by atoms with van der Waals surface area (Å²) < 4.78 is 0. The highest BCUT2D eigenvalue weighted by Crippen LogP contribution is 2.35. The van der Waals surface area contributed by atoms with E-state index >= 15 is 0 Å². The quantitative estimate of drug-likeness (QED) is 0.642. The Morgan fingerprint density at radius 2 is 1.78 bits per heavy atom. The van der Waals surface area contributed by atoms with Crippen LogP contribution in [0.3, 0.4) is 0 Å². The first-order chi connectivity index (χ1) is 8.68. The summed E-state index contributed by atoms with van der Waals surface area (Å²) in [5.41, 5.74) is 3.77. The monoisotopic (exact) mass is 246 g/mol. The van der Waals surface area contributed by atoms with E-state index < -0.39 is 0 Å². The average Bonchev–Trinajstić information content (AvgIpc) is 2.72. The topological polar surface area (TPSA) is 17.1 Å². The minimum Gasteiger partial charge on any atom is -0.289 e. The maximum absolute atomic E-state index is 12.4. The zero-order chi connectivity index (χ0) is 13.0. The molecule has 0 atom stereocenters. The zero-order valence-corrected chi connectivity index (χ0v) is 11.9. The van der Waals surface area contributed by atoms with Crippen LogP contribution in [0.5, 0.6) is 0 Å². The Morgan fingerprint density at radius 3 is 2.44 bits per heavy atom. The summed E-state index contributed by atoms with van der Waals surface area (Å²) in [5.74, 6) is 1.12. The molecule has 0 radical (unpaired) electrons. The van der Waals surface area contributed by atoms with Crippen molar-refractivity contribution >= 4 is 5.78 Å². The maximum Gasteiger partial charge on any atom is 0.184 e. The fraction of sp³-hybridized carbons (Fsp3) is 0.706. The summed E-state index contributed by atoms with van der Waals surface area (Å²) in [6.07, 6.45) is 12.8. The fourth-order valence-corrected chi connectivity index (χ4v) is 3.08. The third-order valence-corrected chi connectivity index (χ3v) is 4.23. The van der Waals surface area contributed by atoms with Gasteiger partial charge in [0.1, 0.15) is 0 Å². The first-order valence-electron chi connectivity index (χ1n) is 7.63. The molecule has 2 aliphatic carbocycles. The van der Waals surface area contributed by atoms with Gasteiger partial charge in [-0.3, -0.25) is 4.79 Å². The van der Waals surface area contributed by atoms with Crippen LogP contribution in [0.25, 0.3) is 0 Å². The highest BCUT2D eigenvalue weighted by Gasteiger charge is 2.26. The van der Waals surface area contributed by atoms with Gasteiger partial charge in [-0.2, -0.15) is 0 Å². The van der Waals surface area contributed by atoms with Gasteiger partial charge in [-0.15, -0.1) is 0 Å². The second kappa shape index (κ2) is 6.36. The van der Waals surface area contributed by atoms with Crippen LogP contribution in [0.4, 0.5) is 0 Å². The van der Waals surface area contributed by atoms with Gasteiger partial charge in [-0.1, -0.05) is 31.9 Å². The van der Waals surface area contributed by atoms with E-state index in [1.54, 1.807) is 0 Å². The number of hydrogen-bond acceptors (Lipinski definition) is 1. The molecule has 100 valence electrons. The number of ketones is 1. The molecule has 0 saturated heterocycles. The number of allylic oxidation sites excluding steroid dienone is 4. The molecule has 0 aliphatic heterocycles. The Labute approximate surface area is 111 Å². The van der Waals surface area contributed by atoms with E-state index in [-0.39, 0.29) is 0 Å². The van der Waals surface area contributed by atoms with Crippen LogP contribution < -0.4 is 0 Å². The van der Waals surface area contributed by atoms with Gasteiger partial charge in [0.2, 0.25) is 0 Å². The van der Waals surface area contributed by atoms with Crippen molar-refractivity contribution in [3.05, 3.63) is 22.8 Å². The summed E-state index contributed by atoms with van der Waals surface area (Å²) >= 11 is 0. The van der Waals surface area contributed by atoms with Crippen LogP contribution in [0.1, 0.15) is 71.6 Å². The number of Topliss-reactive ketones (excluding diaryl/α,β-unsaturated/α-hetero) is 1. The third kappa shape index (κ3) is 3.34. The summed E-state index contributed by atoms with van der Waals surface area (Å²) in [6.45, 7) is 4.48. The van der Waals surface area contributed by atoms with Gasteiger partial charge < -0.3 is 0 Å². The van der Waals surface area contributed by atoms with Crippen molar-refractivity contribution in [1.82, 2.24) is 0 Å². The van der Waals surface area contributed by atoms with Crippen molar-refractivity contribution in [3.63, 3.8) is 0 Å². The van der Waals surface area contributed by atoms with Gasteiger partial charge in [0.05, 0.1) is 0 Å². The molecule has 0 aromatic heterocycles. The normalized spacial score (nSPS) is 23.5. The number of hydrogen-bond donors (Lipinski definition) is 0. The molecule has 0 unspecified atom stereocenters. The lowest BCUT2D eigenvalue weighted by Crippen LogP contribution is -2.03. The highest BCUT2D eigenvalue weighted by atomic mass is 16.1. The van der Waals surface area contributed by atoms with Gasteiger partial charge in [0, 0.05) is 0 Å². The molecule has 2 fully saturated rings. The van der Waals surface area contributed by atoms with Crippen LogP contribution in [0, 0.1) is 5.92 Å². The predicted molar refractivity (Wildman–Crippen MR) is 76.5 cm³/mol. The Kier molecular flexibility index (Phi) is 4.79. The standard InChI is InChI=1S/C17H26O/c1-13(2)7-6-10-15-11-12-16(17(15)18)14-8-4-3-5-9-14/h10,13H,3-9,11-12H2,1-2H3. The smallest absolute Gasteiger partial charge is 0.184 e. The molecule has 0 spiro atoms. The third-order valence-electron chi connectivity index (χ3n) is 4.23. The average molecular weight is 246 g/mol. The SMILES string of the molecule is CC(C)CCC=C1CCC(=C2CCCCC2)C1=O. The lowest BCUT2D eigenvalue weighted by Gasteiger charge is -2.15. The fourth-order valence-electron chi connectivity index (χ4n) is 3.08. The summed E-state index contributed by atoms with van der Waals surface area (Å²) in [6, 6.07) is 0. The van der Waals surface area contributed by atoms with Crippen LogP contribution in [0.15, 0.2) is 22.8 Å². The van der Waals surface area contributed by atoms with Crippen LogP contribution in [-0.4, -0.2) is 5.78 Å². The van der Waals surface area contributed by atoms with Crippen molar-refractivity contribution in [2.75, 3.05) is 0 Å². The Hall–Kier alpha value is -0.850. The highest BCUT2D eigenvalue weighted by molar-refractivity contribution is 6.11. The molecule has 0 N–H and O–H groups in total. The molecule has 2 saturated carbocycles. The molecule has 0 aromatic rings. The molecule has 2 aliphatic rings. The van der Waals surface area contributed by atoms with E-state index in [4.69, 9.17) is 0 Å². The number of carbonyl (C=O) groups excluding carboxylic acids is 1. The van der Waals surface area contributed by atoms with E-state index in [0.29, 0.717) is 5.78 Å². The summed E-state index contributed by atoms with van der Waals surface area (Å²) in [7, 11) is 0. The summed E-state index contributed by atoms with van der Waals surface area (Å²) in [4.78, 5) is 12.4. The second-order valence-corrected chi connectivity index (χ2v) is 6.17. The largest absolute Gasteiger partial charge is 0.289 e. The lowest BCUT2D eigenvalue weighted by atomic mass is 9.90. The Bertz CT molecular complexity index is 363. The molecular weight excluding hydrogens is 220 g/mol. The van der Waals surface area contributed by atoms with Crippen molar-refractivity contribution in [3.8, 4) is 0 Å². The molecule has 1 nitrogen and oxygen atoms in total. The molecule has 1 heteroatoms. The second-order valence-electron chi connectivity index (χ2n) is 6.17. The Morgan fingerprint density at radius 1 is 1.06 bits per heavy atom. The molecule has 18 heavy (non-hydrogen) atoms. The van der Waals surface area contributed by atoms with Crippen molar-refractivity contribution in [1.29, 1.82) is 0 Å². The lowest BCUT2D eigenvalue weighted by molar-refractivity contribution is -0.111. The maximum atomic E-state index is 12.4.